The molecule has 26 heavy (non-hydrogen) atoms. The van der Waals surface area contributed by atoms with Crippen molar-refractivity contribution in [1.29, 1.82) is 0 Å². The fourth-order valence-electron chi connectivity index (χ4n) is 3.41. The van der Waals surface area contributed by atoms with Gasteiger partial charge in [-0.05, 0) is 20.8 Å². The number of rotatable bonds is 3. The Balaban J connectivity index is 1.49. The summed E-state index contributed by atoms with van der Waals surface area (Å²) in [4.78, 5) is 23.8. The van der Waals surface area contributed by atoms with Crippen LogP contribution in [0.2, 0.25) is 0 Å². The molecule has 0 saturated carbocycles. The number of fused-ring (bicyclic) bond motifs is 1. The van der Waals surface area contributed by atoms with Crippen molar-refractivity contribution < 1.29 is 47.5 Å². The maximum Gasteiger partial charge on any atom is 0.508 e. The van der Waals surface area contributed by atoms with Crippen LogP contribution in [0.3, 0.4) is 0 Å². The molecule has 4 aliphatic heterocycles. The Labute approximate surface area is 149 Å². The number of carbonyl (C=O) groups is 2. The van der Waals surface area contributed by atoms with Crippen molar-refractivity contribution in [1.82, 2.24) is 0 Å². The van der Waals surface area contributed by atoms with Crippen molar-refractivity contribution in [3.63, 3.8) is 0 Å². The van der Waals surface area contributed by atoms with Gasteiger partial charge in [0.15, 0.2) is 31.1 Å². The molecule has 4 aliphatic rings. The van der Waals surface area contributed by atoms with Gasteiger partial charge in [0.2, 0.25) is 0 Å². The molecule has 0 aromatic heterocycles. The Bertz CT molecular complexity index is 569. The van der Waals surface area contributed by atoms with Gasteiger partial charge < -0.3 is 37.9 Å². The molecule has 0 bridgehead atoms. The van der Waals surface area contributed by atoms with Gasteiger partial charge in [0, 0.05) is 0 Å². The van der Waals surface area contributed by atoms with E-state index >= 15 is 0 Å². The molecule has 4 saturated heterocycles. The minimum Gasteiger partial charge on any atom is -0.456 e. The summed E-state index contributed by atoms with van der Waals surface area (Å²) in [6, 6.07) is 0. The number of hydrogen-bond donors (Lipinski definition) is 0. The number of esters is 1. The predicted molar refractivity (Wildman–Crippen MR) is 79.7 cm³/mol. The Kier molecular flexibility index (Phi) is 4.56. The van der Waals surface area contributed by atoms with Gasteiger partial charge in [-0.15, -0.1) is 0 Å². The van der Waals surface area contributed by atoms with Gasteiger partial charge >= 0.3 is 12.1 Å². The lowest BCUT2D eigenvalue weighted by atomic mass is 9.92. The third-order valence-corrected chi connectivity index (χ3v) is 4.86. The molecule has 0 aromatic carbocycles. The second-order valence-electron chi connectivity index (χ2n) is 7.11. The zero-order valence-electron chi connectivity index (χ0n) is 14.7. The van der Waals surface area contributed by atoms with Crippen LogP contribution >= 0.6 is 0 Å². The SMILES string of the molecule is CC1OCC([C@H]2O[C@@H]3OC(C)O[C@@H]3[C@H]2OC(=O)C2(C)COC(=O)OC2)O1. The second-order valence-corrected chi connectivity index (χ2v) is 7.11. The van der Waals surface area contributed by atoms with Crippen molar-refractivity contribution in [3.05, 3.63) is 0 Å². The summed E-state index contributed by atoms with van der Waals surface area (Å²) in [7, 11) is 0. The van der Waals surface area contributed by atoms with Gasteiger partial charge in [-0.3, -0.25) is 4.79 Å². The van der Waals surface area contributed by atoms with Crippen LogP contribution in [0.1, 0.15) is 20.8 Å². The third kappa shape index (κ3) is 3.16. The van der Waals surface area contributed by atoms with Gasteiger partial charge in [0.1, 0.15) is 30.8 Å². The molecule has 4 heterocycles. The summed E-state index contributed by atoms with van der Waals surface area (Å²) in [5.41, 5.74) is -1.11. The molecule has 0 spiro atoms. The van der Waals surface area contributed by atoms with Crippen LogP contribution in [-0.2, 0) is 42.7 Å². The van der Waals surface area contributed by atoms with Gasteiger partial charge in [0.05, 0.1) is 6.61 Å². The Morgan fingerprint density at radius 2 is 1.77 bits per heavy atom. The molecule has 4 fully saturated rings. The van der Waals surface area contributed by atoms with Gasteiger partial charge in [0.25, 0.3) is 0 Å². The molecular formula is C16H22O10. The lowest BCUT2D eigenvalue weighted by molar-refractivity contribution is -0.202. The molecule has 7 atom stereocenters. The van der Waals surface area contributed by atoms with E-state index < -0.39 is 54.5 Å². The number of hydrogen-bond acceptors (Lipinski definition) is 10. The zero-order chi connectivity index (χ0) is 18.5. The number of ether oxygens (including phenoxy) is 8. The van der Waals surface area contributed by atoms with Crippen LogP contribution in [0, 0.1) is 5.41 Å². The van der Waals surface area contributed by atoms with Crippen LogP contribution in [-0.4, -0.2) is 75.2 Å². The van der Waals surface area contributed by atoms with Crippen molar-refractivity contribution in [3.8, 4) is 0 Å². The smallest absolute Gasteiger partial charge is 0.456 e. The summed E-state index contributed by atoms with van der Waals surface area (Å²) in [6.45, 7) is 5.20. The predicted octanol–water partition coefficient (Wildman–Crippen LogP) is 0.319. The summed E-state index contributed by atoms with van der Waals surface area (Å²) < 4.78 is 43.7. The van der Waals surface area contributed by atoms with Crippen LogP contribution in [0.5, 0.6) is 0 Å². The Hall–Kier alpha value is -1.46. The molecule has 0 aromatic rings. The first-order valence-electron chi connectivity index (χ1n) is 8.60. The highest BCUT2D eigenvalue weighted by Crippen LogP contribution is 2.38. The largest absolute Gasteiger partial charge is 0.508 e. The maximum atomic E-state index is 12.8. The normalized spacial score (nSPS) is 44.3. The molecule has 4 rings (SSSR count). The van der Waals surface area contributed by atoms with Gasteiger partial charge in [-0.25, -0.2) is 4.79 Å². The second kappa shape index (κ2) is 6.61. The van der Waals surface area contributed by atoms with E-state index in [1.165, 1.54) is 0 Å². The number of cyclic esters (lactones) is 2. The zero-order valence-corrected chi connectivity index (χ0v) is 14.7. The van der Waals surface area contributed by atoms with Gasteiger partial charge in [-0.1, -0.05) is 0 Å². The van der Waals surface area contributed by atoms with E-state index in [2.05, 4.69) is 0 Å². The molecule has 0 amide bonds. The van der Waals surface area contributed by atoms with Crippen molar-refractivity contribution in [2.75, 3.05) is 19.8 Å². The van der Waals surface area contributed by atoms with Crippen LogP contribution in [0.25, 0.3) is 0 Å². The fourth-order valence-corrected chi connectivity index (χ4v) is 3.41. The molecule has 10 heteroatoms. The average molecular weight is 374 g/mol. The highest BCUT2D eigenvalue weighted by Gasteiger charge is 2.58. The molecule has 0 radical (unpaired) electrons. The number of carbonyl (C=O) groups excluding carboxylic acids is 2. The first kappa shape index (κ1) is 17.9. The van der Waals surface area contributed by atoms with E-state index in [9.17, 15) is 9.59 Å². The summed E-state index contributed by atoms with van der Waals surface area (Å²) in [5.74, 6) is -0.570. The van der Waals surface area contributed by atoms with Crippen molar-refractivity contribution >= 4 is 12.1 Å². The third-order valence-electron chi connectivity index (χ3n) is 4.86. The van der Waals surface area contributed by atoms with Crippen LogP contribution in [0.4, 0.5) is 4.79 Å². The molecule has 10 nitrogen and oxygen atoms in total. The summed E-state index contributed by atoms with van der Waals surface area (Å²) in [6.07, 6.45) is -4.62. The molecule has 0 N–H and O–H groups in total. The molecule has 0 aliphatic carbocycles. The quantitative estimate of drug-likeness (QED) is 0.641. The molecule has 3 unspecified atom stereocenters. The minimum atomic E-state index is -1.11. The van der Waals surface area contributed by atoms with Crippen molar-refractivity contribution in [2.24, 2.45) is 5.41 Å². The maximum absolute atomic E-state index is 12.8. The van der Waals surface area contributed by atoms with Crippen LogP contribution < -0.4 is 0 Å². The van der Waals surface area contributed by atoms with Gasteiger partial charge in [-0.2, -0.15) is 0 Å². The van der Waals surface area contributed by atoms with E-state index in [1.807, 2.05) is 0 Å². The summed E-state index contributed by atoms with van der Waals surface area (Å²) in [5, 5.41) is 0. The fraction of sp³-hybridized carbons (Fsp3) is 0.875. The van der Waals surface area contributed by atoms with E-state index in [-0.39, 0.29) is 19.5 Å². The first-order valence-corrected chi connectivity index (χ1v) is 8.60. The molecular weight excluding hydrogens is 352 g/mol. The van der Waals surface area contributed by atoms with Crippen LogP contribution in [0.15, 0.2) is 0 Å². The van der Waals surface area contributed by atoms with E-state index in [4.69, 9.17) is 37.9 Å². The molecule has 146 valence electrons. The average Bonchev–Trinajstić information content (AvgIpc) is 3.26. The van der Waals surface area contributed by atoms with E-state index in [0.717, 1.165) is 0 Å². The monoisotopic (exact) mass is 374 g/mol. The lowest BCUT2D eigenvalue weighted by Crippen LogP contribution is -2.49. The van der Waals surface area contributed by atoms with E-state index in [1.54, 1.807) is 20.8 Å². The lowest BCUT2D eigenvalue weighted by Gasteiger charge is -2.33. The minimum absolute atomic E-state index is 0.120. The Morgan fingerprint density at radius 3 is 2.42 bits per heavy atom. The Morgan fingerprint density at radius 1 is 1.04 bits per heavy atom. The first-order chi connectivity index (χ1) is 12.4. The standard InChI is InChI=1S/C16H22O10/c1-7-19-4-9(22-7)10-11(12-13(25-10)24-8(2)23-12)26-14(17)16(3)5-20-15(18)21-6-16/h7-13H,4-6H2,1-3H3/t7?,8?,9?,10-,11+,12-,13+/m1/s1. The summed E-state index contributed by atoms with van der Waals surface area (Å²) >= 11 is 0. The van der Waals surface area contributed by atoms with E-state index in [0.29, 0.717) is 6.61 Å². The highest BCUT2D eigenvalue weighted by atomic mass is 16.8. The highest BCUT2D eigenvalue weighted by molar-refractivity contribution is 5.78. The topological polar surface area (TPSA) is 108 Å². The van der Waals surface area contributed by atoms with Crippen molar-refractivity contribution in [2.45, 2.75) is 64.1 Å².